The van der Waals surface area contributed by atoms with Gasteiger partial charge in [-0.3, -0.25) is 0 Å². The van der Waals surface area contributed by atoms with Gasteiger partial charge in [0.05, 0.1) is 0 Å². The van der Waals surface area contributed by atoms with Gasteiger partial charge in [0.15, 0.2) is 1.41 Å². The Hall–Kier alpha value is -0.370. The van der Waals surface area contributed by atoms with Crippen LogP contribution in [-0.2, 0) is 0 Å². The van der Waals surface area contributed by atoms with Crippen LogP contribution in [0.3, 0.4) is 0 Å². The average molecular weight is 122 g/mol. The van der Waals surface area contributed by atoms with E-state index in [1.54, 1.807) is 6.21 Å². The molecule has 8 heavy (non-hydrogen) atoms. The van der Waals surface area contributed by atoms with Gasteiger partial charge in [-0.15, -0.1) is 0 Å². The van der Waals surface area contributed by atoms with E-state index in [2.05, 4.69) is 11.1 Å². The van der Waals surface area contributed by atoms with Crippen LogP contribution in [-0.4, -0.2) is 12.8 Å². The van der Waals surface area contributed by atoms with Gasteiger partial charge in [-0.2, -0.15) is 0 Å². The van der Waals surface area contributed by atoms with Crippen molar-refractivity contribution >= 4 is 6.21 Å². The molecule has 0 heterocycles. The van der Waals surface area contributed by atoms with Crippen molar-refractivity contribution in [3.05, 3.63) is 0 Å². The molecule has 0 aromatic carbocycles. The first-order valence-corrected chi connectivity index (χ1v) is 2.93. The van der Waals surface area contributed by atoms with Crippen molar-refractivity contribution in [1.82, 2.24) is 0 Å². The molecule has 0 atom stereocenters. The van der Waals surface area contributed by atoms with Crippen LogP contribution in [0.15, 0.2) is 0 Å². The molecule has 0 fully saturated rings. The molecule has 52 valence electrons. The summed E-state index contributed by atoms with van der Waals surface area (Å²) in [5.74, 6) is 0. The van der Waals surface area contributed by atoms with Crippen LogP contribution in [0.25, 0.3) is 0 Å². The highest BCUT2D eigenvalue weighted by Gasteiger charge is 1.55. The molecule has 0 saturated heterocycles. The van der Waals surface area contributed by atoms with Gasteiger partial charge in [-0.05, 0) is 25.6 Å². The first-order valence-electron chi connectivity index (χ1n) is 3.88. The zero-order chi connectivity index (χ0) is 8.24. The van der Waals surface area contributed by atoms with Crippen molar-refractivity contribution in [2.75, 3.05) is 6.54 Å². The topological polar surface area (TPSA) is 49.9 Å². The SMILES string of the molecule is [3H]N=CCC.[3H]NCCC.[HH]. The van der Waals surface area contributed by atoms with E-state index < -0.39 is 0 Å². The maximum atomic E-state index is 6.35. The van der Waals surface area contributed by atoms with Crippen molar-refractivity contribution in [2.45, 2.75) is 26.7 Å². The molecule has 0 aliphatic carbocycles. The molecular weight excluding hydrogens is 100 g/mol. The van der Waals surface area contributed by atoms with E-state index in [4.69, 9.17) is 2.82 Å². The molecule has 0 aromatic rings. The lowest BCUT2D eigenvalue weighted by Crippen LogP contribution is -1.93. The van der Waals surface area contributed by atoms with Gasteiger partial charge in [-0.25, -0.2) is 0 Å². The fourth-order valence-corrected chi connectivity index (χ4v) is 0. The van der Waals surface area contributed by atoms with Crippen LogP contribution in [0.5, 0.6) is 0 Å². The van der Waals surface area contributed by atoms with E-state index in [0.717, 1.165) is 19.4 Å². The molecule has 0 saturated carbocycles. The normalized spacial score (nSPS) is 11.8. The Morgan fingerprint density at radius 1 is 2.00 bits per heavy atom. The fraction of sp³-hybridized carbons (Fsp3) is 0.833. The van der Waals surface area contributed by atoms with Gasteiger partial charge in [-0.1, -0.05) is 13.8 Å². The van der Waals surface area contributed by atoms with E-state index in [0.29, 0.717) is 0 Å². The van der Waals surface area contributed by atoms with E-state index >= 15 is 0 Å². The smallest absolute Gasteiger partial charge is 0.186 e. The van der Waals surface area contributed by atoms with Gasteiger partial charge in [0.2, 0.25) is 0 Å². The minimum Gasteiger partial charge on any atom is -0.330 e. The zero-order valence-corrected chi connectivity index (χ0v) is 5.65. The molecule has 2 nitrogen and oxygen atoms in total. The van der Waals surface area contributed by atoms with Crippen LogP contribution >= 0.6 is 0 Å². The Kier molecular flexibility index (Phi) is 11.5. The number of hydrogen-bond donors (Lipinski definition) is 2. The third kappa shape index (κ3) is 45.4. The highest BCUT2D eigenvalue weighted by atomic mass is 14.5. The summed E-state index contributed by atoms with van der Waals surface area (Å²) >= 11 is 0. The molecule has 0 rings (SSSR count). The summed E-state index contributed by atoms with van der Waals surface area (Å²) in [6, 6.07) is 0. The van der Waals surface area contributed by atoms with Crippen LogP contribution in [0.2, 0.25) is 2.82 Å². The Balaban J connectivity index is -0.000000107. The zero-order valence-electron chi connectivity index (χ0n) is 7.65. The molecular formula is C6H18N2. The summed E-state index contributed by atoms with van der Waals surface area (Å²) in [6.45, 7) is 4.78. The van der Waals surface area contributed by atoms with Crippen molar-refractivity contribution in [2.24, 2.45) is 5.73 Å². The van der Waals surface area contributed by atoms with Crippen molar-refractivity contribution in [3.8, 4) is 0 Å². The van der Waals surface area contributed by atoms with Gasteiger partial charge in [0.25, 0.3) is 0 Å². The minimum absolute atomic E-state index is 0. The van der Waals surface area contributed by atoms with E-state index in [9.17, 15) is 0 Å². The lowest BCUT2D eigenvalue weighted by molar-refractivity contribution is 0.932. The fourth-order valence-electron chi connectivity index (χ4n) is 0. The predicted molar refractivity (Wildman–Crippen MR) is 40.5 cm³/mol. The average Bonchev–Trinajstić information content (AvgIpc) is 1.93. The van der Waals surface area contributed by atoms with Gasteiger partial charge < -0.3 is 11.1 Å². The first kappa shape index (κ1) is 5.76. The summed E-state index contributed by atoms with van der Waals surface area (Å²) in [7, 11) is 0. The summed E-state index contributed by atoms with van der Waals surface area (Å²) in [5.41, 5.74) is 2.27. The summed E-state index contributed by atoms with van der Waals surface area (Å²) in [5, 5.41) is 2.98. The lowest BCUT2D eigenvalue weighted by atomic mass is 10.5. The summed E-state index contributed by atoms with van der Waals surface area (Å²) in [6.07, 6.45) is 3.45. The minimum atomic E-state index is 0. The second-order valence-electron chi connectivity index (χ2n) is 1.34. The quantitative estimate of drug-likeness (QED) is 0.549. The number of nitrogens with one attached hydrogen (secondary N) is 1. The maximum Gasteiger partial charge on any atom is 0.186 e. The van der Waals surface area contributed by atoms with Crippen molar-refractivity contribution in [1.29, 1.82) is 5.40 Å². The molecule has 0 spiro atoms. The molecule has 2 heteroatoms. The number of rotatable bonds is 3. The third-order valence-corrected chi connectivity index (χ3v) is 0.433. The lowest BCUT2D eigenvalue weighted by Gasteiger charge is -1.70. The van der Waals surface area contributed by atoms with E-state index in [1.807, 2.05) is 13.8 Å². The predicted octanol–water partition coefficient (Wildman–Crippen LogP) is 1.65. The Labute approximate surface area is 56.0 Å². The Morgan fingerprint density at radius 3 is 2.75 bits per heavy atom. The Morgan fingerprint density at radius 2 is 2.75 bits per heavy atom. The maximum absolute atomic E-state index is 6.35. The number of hydrogen-bond acceptors (Lipinski definition) is 2. The van der Waals surface area contributed by atoms with Crippen LogP contribution < -0.4 is 5.73 Å². The monoisotopic (exact) mass is 122 g/mol. The van der Waals surface area contributed by atoms with Crippen LogP contribution in [0.4, 0.5) is 0 Å². The molecule has 0 aromatic heterocycles. The third-order valence-electron chi connectivity index (χ3n) is 0.433. The second-order valence-corrected chi connectivity index (χ2v) is 1.34. The molecule has 0 radical (unpaired) electrons. The highest BCUT2D eigenvalue weighted by Crippen LogP contribution is 1.57. The van der Waals surface area contributed by atoms with E-state index in [1.165, 1.54) is 0 Å². The Bertz CT molecular complexity index is 66.8. The molecule has 0 amide bonds. The second kappa shape index (κ2) is 15.9. The van der Waals surface area contributed by atoms with Gasteiger partial charge in [0.1, 0.15) is 1.41 Å². The van der Waals surface area contributed by atoms with Crippen molar-refractivity contribution < 1.29 is 4.25 Å². The van der Waals surface area contributed by atoms with Crippen molar-refractivity contribution in [3.63, 3.8) is 0 Å². The molecule has 0 aliphatic rings. The standard InChI is InChI=1S/C3H9N.C3H7N.H2/c2*1-2-3-4;/h2-4H2,1H3;3-4H,2H2,1H3;1H/i/hT2. The largest absolute Gasteiger partial charge is 0.330 e. The summed E-state index contributed by atoms with van der Waals surface area (Å²) < 4.78 is 12.5. The molecule has 0 aliphatic heterocycles. The van der Waals surface area contributed by atoms with Crippen LogP contribution in [0.1, 0.15) is 28.1 Å². The molecule has 0 unspecified atom stereocenters. The molecule has 0 bridgehead atoms. The summed E-state index contributed by atoms with van der Waals surface area (Å²) in [4.78, 5) is 0. The number of nitrogens with two attached hydrogens (primary N) is 1. The van der Waals surface area contributed by atoms with Gasteiger partial charge >= 0.3 is 0 Å². The van der Waals surface area contributed by atoms with Gasteiger partial charge in [0, 0.05) is 1.43 Å². The highest BCUT2D eigenvalue weighted by molar-refractivity contribution is 5.51. The first-order chi connectivity index (χ1) is 4.83. The van der Waals surface area contributed by atoms with E-state index in [-0.39, 0.29) is 1.43 Å². The van der Waals surface area contributed by atoms with Crippen LogP contribution in [0, 0.1) is 5.40 Å². The molecule has 3 N–H and O–H groups in total.